The first-order valence-corrected chi connectivity index (χ1v) is 5.18. The van der Waals surface area contributed by atoms with Crippen LogP contribution in [0.15, 0.2) is 12.3 Å². The number of H-pyrrole nitrogens is 1. The maximum atomic E-state index is 11.4. The van der Waals surface area contributed by atoms with E-state index in [4.69, 9.17) is 5.11 Å². The number of carbonyl (C=O) groups is 2. The van der Waals surface area contributed by atoms with E-state index in [1.54, 1.807) is 12.3 Å². The van der Waals surface area contributed by atoms with Crippen molar-refractivity contribution < 1.29 is 14.7 Å². The summed E-state index contributed by atoms with van der Waals surface area (Å²) in [6.45, 7) is 0. The van der Waals surface area contributed by atoms with E-state index in [1.165, 1.54) is 0 Å². The molecule has 3 N–H and O–H groups in total. The zero-order chi connectivity index (χ0) is 11.5. The van der Waals surface area contributed by atoms with Gasteiger partial charge in [-0.05, 0) is 18.9 Å². The minimum absolute atomic E-state index is 0.0172. The second-order valence-corrected chi connectivity index (χ2v) is 3.96. The van der Waals surface area contributed by atoms with Crippen molar-refractivity contribution in [3.8, 4) is 0 Å². The summed E-state index contributed by atoms with van der Waals surface area (Å²) in [5.74, 6) is -1.17. The molecule has 0 radical (unpaired) electrons. The Hall–Kier alpha value is -1.85. The molecule has 1 aromatic rings. The summed E-state index contributed by atoms with van der Waals surface area (Å²) in [5.41, 5.74) is 0.698. The summed E-state index contributed by atoms with van der Waals surface area (Å²) in [6.07, 6.45) is 3.51. The molecule has 0 spiro atoms. The number of nitrogens with zero attached hydrogens (tertiary/aromatic N) is 1. The predicted octanol–water partition coefficient (Wildman–Crippen LogP) is -0.0684. The van der Waals surface area contributed by atoms with Gasteiger partial charge in [0.2, 0.25) is 5.91 Å². The molecule has 0 saturated heterocycles. The largest absolute Gasteiger partial charge is 0.480 e. The highest BCUT2D eigenvalue weighted by Crippen LogP contribution is 2.28. The molecule has 1 aromatic heterocycles. The Morgan fingerprint density at radius 1 is 1.62 bits per heavy atom. The third kappa shape index (κ3) is 2.59. The van der Waals surface area contributed by atoms with E-state index in [1.807, 2.05) is 0 Å². The number of aliphatic carboxylic acids is 1. The van der Waals surface area contributed by atoms with Crippen LogP contribution in [0.2, 0.25) is 0 Å². The molecule has 1 fully saturated rings. The number of amides is 1. The van der Waals surface area contributed by atoms with Gasteiger partial charge in [-0.2, -0.15) is 5.10 Å². The van der Waals surface area contributed by atoms with Gasteiger partial charge in [0.25, 0.3) is 0 Å². The fourth-order valence-corrected chi connectivity index (χ4v) is 1.45. The first-order chi connectivity index (χ1) is 7.66. The predicted molar refractivity (Wildman–Crippen MR) is 54.6 cm³/mol. The maximum Gasteiger partial charge on any atom is 0.326 e. The Bertz CT molecular complexity index is 384. The highest BCUT2D eigenvalue weighted by Gasteiger charge is 2.32. The Balaban J connectivity index is 1.94. The molecule has 1 heterocycles. The van der Waals surface area contributed by atoms with E-state index in [0.717, 1.165) is 12.8 Å². The molecular formula is C10H13N3O3. The SMILES string of the molecule is O=C(NC(Cc1ccn[nH]1)C(=O)O)C1CC1. The van der Waals surface area contributed by atoms with Gasteiger partial charge in [-0.1, -0.05) is 0 Å². The molecule has 6 nitrogen and oxygen atoms in total. The van der Waals surface area contributed by atoms with E-state index < -0.39 is 12.0 Å². The topological polar surface area (TPSA) is 95.1 Å². The molecule has 1 saturated carbocycles. The van der Waals surface area contributed by atoms with Crippen LogP contribution in [0.1, 0.15) is 18.5 Å². The molecule has 1 amide bonds. The Morgan fingerprint density at radius 3 is 2.88 bits per heavy atom. The van der Waals surface area contributed by atoms with Gasteiger partial charge in [-0.3, -0.25) is 9.89 Å². The van der Waals surface area contributed by atoms with Crippen molar-refractivity contribution >= 4 is 11.9 Å². The molecule has 1 unspecified atom stereocenters. The average Bonchev–Trinajstić information content (AvgIpc) is 2.97. The maximum absolute atomic E-state index is 11.4. The standard InChI is InChI=1S/C10H13N3O3/c14-9(6-1-2-6)12-8(10(15)16)5-7-3-4-11-13-7/h3-4,6,8H,1-2,5H2,(H,11,13)(H,12,14)(H,15,16). The van der Waals surface area contributed by atoms with Crippen LogP contribution < -0.4 is 5.32 Å². The molecule has 16 heavy (non-hydrogen) atoms. The van der Waals surface area contributed by atoms with Crippen LogP contribution in [0, 0.1) is 5.92 Å². The molecule has 6 heteroatoms. The van der Waals surface area contributed by atoms with Crippen LogP contribution in [0.25, 0.3) is 0 Å². The Labute approximate surface area is 92.0 Å². The van der Waals surface area contributed by atoms with Gasteiger partial charge in [0.15, 0.2) is 0 Å². The molecule has 86 valence electrons. The van der Waals surface area contributed by atoms with Crippen molar-refractivity contribution in [1.82, 2.24) is 15.5 Å². The van der Waals surface area contributed by atoms with E-state index >= 15 is 0 Å². The van der Waals surface area contributed by atoms with Crippen LogP contribution in [-0.4, -0.2) is 33.2 Å². The average molecular weight is 223 g/mol. The van der Waals surface area contributed by atoms with E-state index in [0.29, 0.717) is 5.69 Å². The van der Waals surface area contributed by atoms with Crippen LogP contribution in [0.3, 0.4) is 0 Å². The molecule has 1 atom stereocenters. The van der Waals surface area contributed by atoms with Crippen LogP contribution >= 0.6 is 0 Å². The van der Waals surface area contributed by atoms with Gasteiger partial charge in [0.05, 0.1) is 0 Å². The van der Waals surface area contributed by atoms with Gasteiger partial charge in [-0.25, -0.2) is 4.79 Å². The van der Waals surface area contributed by atoms with Crippen molar-refractivity contribution in [3.05, 3.63) is 18.0 Å². The van der Waals surface area contributed by atoms with Crippen molar-refractivity contribution in [2.24, 2.45) is 5.92 Å². The number of carbonyl (C=O) groups excluding carboxylic acids is 1. The van der Waals surface area contributed by atoms with E-state index in [-0.39, 0.29) is 18.2 Å². The number of aromatic nitrogens is 2. The van der Waals surface area contributed by atoms with Gasteiger partial charge >= 0.3 is 5.97 Å². The summed E-state index contributed by atoms with van der Waals surface area (Å²) < 4.78 is 0. The normalized spacial score (nSPS) is 16.8. The molecule has 0 bridgehead atoms. The molecule has 1 aliphatic carbocycles. The number of nitrogens with one attached hydrogen (secondary N) is 2. The molecule has 2 rings (SSSR count). The fraction of sp³-hybridized carbons (Fsp3) is 0.500. The minimum Gasteiger partial charge on any atom is -0.480 e. The first kappa shape index (κ1) is 10.7. The zero-order valence-corrected chi connectivity index (χ0v) is 8.64. The van der Waals surface area contributed by atoms with Crippen LogP contribution in [0.5, 0.6) is 0 Å². The highest BCUT2D eigenvalue weighted by molar-refractivity contribution is 5.86. The van der Waals surface area contributed by atoms with E-state index in [2.05, 4.69) is 15.5 Å². The zero-order valence-electron chi connectivity index (χ0n) is 8.64. The van der Waals surface area contributed by atoms with Crippen molar-refractivity contribution in [3.63, 3.8) is 0 Å². The van der Waals surface area contributed by atoms with Crippen molar-refractivity contribution in [1.29, 1.82) is 0 Å². The van der Waals surface area contributed by atoms with Crippen molar-refractivity contribution in [2.75, 3.05) is 0 Å². The van der Waals surface area contributed by atoms with E-state index in [9.17, 15) is 9.59 Å². The summed E-state index contributed by atoms with van der Waals surface area (Å²) in [4.78, 5) is 22.4. The fourth-order valence-electron chi connectivity index (χ4n) is 1.45. The number of carboxylic acids is 1. The Morgan fingerprint density at radius 2 is 2.38 bits per heavy atom. The lowest BCUT2D eigenvalue weighted by molar-refractivity contribution is -0.142. The molecule has 0 aliphatic heterocycles. The molecule has 0 aromatic carbocycles. The first-order valence-electron chi connectivity index (χ1n) is 5.18. The second-order valence-electron chi connectivity index (χ2n) is 3.96. The highest BCUT2D eigenvalue weighted by atomic mass is 16.4. The Kier molecular flexibility index (Phi) is 2.89. The lowest BCUT2D eigenvalue weighted by Gasteiger charge is -2.13. The number of carboxylic acid groups (broad SMARTS) is 1. The molecule has 1 aliphatic rings. The van der Waals surface area contributed by atoms with Gasteiger partial charge in [0, 0.05) is 24.2 Å². The van der Waals surface area contributed by atoms with Gasteiger partial charge in [0.1, 0.15) is 6.04 Å². The summed E-state index contributed by atoms with van der Waals surface area (Å²) in [7, 11) is 0. The number of aromatic amines is 1. The molecular weight excluding hydrogens is 210 g/mol. The summed E-state index contributed by atoms with van der Waals surface area (Å²) in [6, 6.07) is 0.813. The lowest BCUT2D eigenvalue weighted by atomic mass is 10.1. The summed E-state index contributed by atoms with van der Waals surface area (Å²) in [5, 5.41) is 17.9. The minimum atomic E-state index is -1.02. The van der Waals surface area contributed by atoms with Gasteiger partial charge in [-0.15, -0.1) is 0 Å². The van der Waals surface area contributed by atoms with Crippen LogP contribution in [0.4, 0.5) is 0 Å². The number of hydrogen-bond acceptors (Lipinski definition) is 3. The number of rotatable bonds is 5. The monoisotopic (exact) mass is 223 g/mol. The van der Waals surface area contributed by atoms with Crippen molar-refractivity contribution in [2.45, 2.75) is 25.3 Å². The number of hydrogen-bond donors (Lipinski definition) is 3. The third-order valence-corrected chi connectivity index (χ3v) is 2.55. The van der Waals surface area contributed by atoms with Gasteiger partial charge < -0.3 is 10.4 Å². The van der Waals surface area contributed by atoms with Crippen LogP contribution in [-0.2, 0) is 16.0 Å². The lowest BCUT2D eigenvalue weighted by Crippen LogP contribution is -2.43. The third-order valence-electron chi connectivity index (χ3n) is 2.55. The second kappa shape index (κ2) is 4.34. The smallest absolute Gasteiger partial charge is 0.326 e. The quantitative estimate of drug-likeness (QED) is 0.651. The summed E-state index contributed by atoms with van der Waals surface area (Å²) >= 11 is 0.